The number of hydrogen-bond donors (Lipinski definition) is 2. The van der Waals surface area contributed by atoms with Crippen LogP contribution in [0.3, 0.4) is 0 Å². The van der Waals surface area contributed by atoms with Crippen LogP contribution in [0.25, 0.3) is 0 Å². The van der Waals surface area contributed by atoms with E-state index in [1.807, 2.05) is 0 Å². The Hall–Kier alpha value is -1.56. The van der Waals surface area contributed by atoms with Gasteiger partial charge in [0.25, 0.3) is 5.91 Å². The van der Waals surface area contributed by atoms with Crippen LogP contribution in [-0.4, -0.2) is 41.0 Å². The molecule has 1 aliphatic heterocycles. The van der Waals surface area contributed by atoms with E-state index in [1.165, 1.54) is 13.0 Å². The Balaban J connectivity index is 2.12. The van der Waals surface area contributed by atoms with Crippen LogP contribution in [0.2, 0.25) is 0 Å². The lowest BCUT2D eigenvalue weighted by atomic mass is 10.0. The highest BCUT2D eigenvalue weighted by atomic mass is 79.9. The average molecular weight is 341 g/mol. The van der Waals surface area contributed by atoms with E-state index < -0.39 is 0 Å². The first-order valence-electron chi connectivity index (χ1n) is 6.52. The zero-order valence-corrected chi connectivity index (χ0v) is 12.8. The van der Waals surface area contributed by atoms with Crippen molar-refractivity contribution in [1.82, 2.24) is 10.2 Å². The molecule has 1 atom stereocenters. The molecule has 0 aromatic heterocycles. The van der Waals surface area contributed by atoms with Gasteiger partial charge >= 0.3 is 0 Å². The maximum Gasteiger partial charge on any atom is 0.257 e. The molecule has 1 unspecified atom stereocenters. The number of nitrogens with one attached hydrogen (secondary N) is 1. The Morgan fingerprint density at radius 2 is 2.20 bits per heavy atom. The van der Waals surface area contributed by atoms with Gasteiger partial charge in [0.1, 0.15) is 5.75 Å². The minimum atomic E-state index is -0.209. The van der Waals surface area contributed by atoms with E-state index in [2.05, 4.69) is 21.2 Å². The Labute approximate surface area is 126 Å². The molecular weight excluding hydrogens is 324 g/mol. The van der Waals surface area contributed by atoms with E-state index in [9.17, 15) is 14.7 Å². The molecule has 0 bridgehead atoms. The van der Waals surface area contributed by atoms with Gasteiger partial charge in [0, 0.05) is 30.5 Å². The fraction of sp³-hybridized carbons (Fsp3) is 0.429. The highest BCUT2D eigenvalue weighted by Crippen LogP contribution is 2.24. The number of hydrogen-bond acceptors (Lipinski definition) is 3. The maximum atomic E-state index is 12.4. The summed E-state index contributed by atoms with van der Waals surface area (Å²) in [5, 5.41) is 12.6. The molecule has 2 N–H and O–H groups in total. The topological polar surface area (TPSA) is 69.6 Å². The van der Waals surface area contributed by atoms with Crippen molar-refractivity contribution < 1.29 is 14.7 Å². The second kappa shape index (κ2) is 6.26. The first-order valence-corrected chi connectivity index (χ1v) is 7.31. The zero-order valence-electron chi connectivity index (χ0n) is 11.2. The summed E-state index contributed by atoms with van der Waals surface area (Å²) in [7, 11) is 0. The Morgan fingerprint density at radius 1 is 1.45 bits per heavy atom. The first kappa shape index (κ1) is 14.8. The van der Waals surface area contributed by atoms with Crippen molar-refractivity contribution in [3.05, 3.63) is 28.2 Å². The highest BCUT2D eigenvalue weighted by Gasteiger charge is 2.26. The Bertz CT molecular complexity index is 533. The second-order valence-electron chi connectivity index (χ2n) is 4.95. The van der Waals surface area contributed by atoms with Gasteiger partial charge in [-0.25, -0.2) is 0 Å². The summed E-state index contributed by atoms with van der Waals surface area (Å²) in [6.07, 6.45) is 1.71. The van der Waals surface area contributed by atoms with Gasteiger partial charge < -0.3 is 15.3 Å². The number of likely N-dealkylation sites (tertiary alicyclic amines) is 1. The molecule has 20 heavy (non-hydrogen) atoms. The summed E-state index contributed by atoms with van der Waals surface area (Å²) in [6.45, 7) is 2.59. The molecule has 0 aliphatic carbocycles. The van der Waals surface area contributed by atoms with Gasteiger partial charge in [-0.05, 0) is 31.0 Å². The quantitative estimate of drug-likeness (QED) is 0.863. The van der Waals surface area contributed by atoms with Gasteiger partial charge in [-0.1, -0.05) is 15.9 Å². The molecule has 1 fully saturated rings. The van der Waals surface area contributed by atoms with Gasteiger partial charge in [-0.3, -0.25) is 9.59 Å². The Morgan fingerprint density at radius 3 is 2.90 bits per heavy atom. The molecule has 0 radical (unpaired) electrons. The summed E-state index contributed by atoms with van der Waals surface area (Å²) < 4.78 is 0.745. The van der Waals surface area contributed by atoms with Crippen molar-refractivity contribution >= 4 is 27.7 Å². The van der Waals surface area contributed by atoms with Crippen LogP contribution >= 0.6 is 15.9 Å². The van der Waals surface area contributed by atoms with Crippen LogP contribution in [-0.2, 0) is 4.79 Å². The minimum Gasteiger partial charge on any atom is -0.507 e. The van der Waals surface area contributed by atoms with Crippen LogP contribution < -0.4 is 5.32 Å². The maximum absolute atomic E-state index is 12.4. The van der Waals surface area contributed by atoms with E-state index in [1.54, 1.807) is 17.0 Å². The van der Waals surface area contributed by atoms with E-state index >= 15 is 0 Å². The summed E-state index contributed by atoms with van der Waals surface area (Å²) >= 11 is 3.29. The van der Waals surface area contributed by atoms with Crippen molar-refractivity contribution in [3.8, 4) is 5.75 Å². The van der Waals surface area contributed by atoms with Gasteiger partial charge in [0.2, 0.25) is 5.91 Å². The number of piperidine rings is 1. The normalized spacial score (nSPS) is 18.7. The van der Waals surface area contributed by atoms with Crippen LogP contribution in [0.5, 0.6) is 5.75 Å². The van der Waals surface area contributed by atoms with Crippen LogP contribution in [0, 0.1) is 0 Å². The fourth-order valence-electron chi connectivity index (χ4n) is 2.42. The van der Waals surface area contributed by atoms with Crippen molar-refractivity contribution in [2.75, 3.05) is 13.1 Å². The fourth-order valence-corrected chi connectivity index (χ4v) is 2.78. The molecule has 2 amide bonds. The third-order valence-corrected chi connectivity index (χ3v) is 3.80. The van der Waals surface area contributed by atoms with E-state index in [4.69, 9.17) is 0 Å². The van der Waals surface area contributed by atoms with Gasteiger partial charge in [-0.15, -0.1) is 0 Å². The molecule has 108 valence electrons. The second-order valence-corrected chi connectivity index (χ2v) is 5.87. The smallest absolute Gasteiger partial charge is 0.257 e. The zero-order chi connectivity index (χ0) is 14.7. The van der Waals surface area contributed by atoms with Crippen molar-refractivity contribution in [1.29, 1.82) is 0 Å². The predicted octanol–water partition coefficient (Wildman–Crippen LogP) is 1.90. The Kier molecular flexibility index (Phi) is 4.65. The first-order chi connectivity index (χ1) is 9.47. The largest absolute Gasteiger partial charge is 0.507 e. The number of aromatic hydroxyl groups is 1. The molecule has 0 spiro atoms. The van der Waals surface area contributed by atoms with Crippen molar-refractivity contribution in [2.24, 2.45) is 0 Å². The van der Waals surface area contributed by atoms with Gasteiger partial charge in [0.15, 0.2) is 0 Å². The molecule has 1 heterocycles. The summed E-state index contributed by atoms with van der Waals surface area (Å²) in [4.78, 5) is 25.2. The number of carbonyl (C=O) groups excluding carboxylic acids is 2. The summed E-state index contributed by atoms with van der Waals surface area (Å²) in [5.74, 6) is -0.326. The van der Waals surface area contributed by atoms with Crippen LogP contribution in [0.4, 0.5) is 0 Å². The van der Waals surface area contributed by atoms with Crippen LogP contribution in [0.15, 0.2) is 22.7 Å². The molecule has 1 aromatic carbocycles. The third-order valence-electron chi connectivity index (χ3n) is 3.30. The summed E-state index contributed by atoms with van der Waals surface area (Å²) in [5.41, 5.74) is 0.280. The molecule has 0 saturated carbocycles. The lowest BCUT2D eigenvalue weighted by Crippen LogP contribution is -2.49. The van der Waals surface area contributed by atoms with Gasteiger partial charge in [0.05, 0.1) is 5.56 Å². The monoisotopic (exact) mass is 340 g/mol. The lowest BCUT2D eigenvalue weighted by molar-refractivity contribution is -0.120. The van der Waals surface area contributed by atoms with E-state index in [0.717, 1.165) is 17.3 Å². The van der Waals surface area contributed by atoms with Gasteiger partial charge in [-0.2, -0.15) is 0 Å². The number of carbonyl (C=O) groups is 2. The van der Waals surface area contributed by atoms with Crippen LogP contribution in [0.1, 0.15) is 30.1 Å². The number of phenols is 1. The number of halogens is 1. The molecule has 6 heteroatoms. The molecular formula is C14H17BrN2O3. The number of benzene rings is 1. The van der Waals surface area contributed by atoms with Crippen molar-refractivity contribution in [3.63, 3.8) is 0 Å². The molecule has 1 aromatic rings. The lowest BCUT2D eigenvalue weighted by Gasteiger charge is -2.33. The number of nitrogens with zero attached hydrogens (tertiary/aromatic N) is 1. The van der Waals surface area contributed by atoms with E-state index in [-0.39, 0.29) is 29.2 Å². The average Bonchev–Trinajstić information content (AvgIpc) is 2.40. The molecule has 5 nitrogen and oxygen atoms in total. The summed E-state index contributed by atoms with van der Waals surface area (Å²) in [6, 6.07) is 4.77. The van der Waals surface area contributed by atoms with E-state index in [0.29, 0.717) is 13.1 Å². The SMILES string of the molecule is CC(=O)NC1CCCN(C(=O)c2cc(Br)ccc2O)C1. The molecule has 1 saturated heterocycles. The predicted molar refractivity (Wildman–Crippen MR) is 78.5 cm³/mol. The molecule has 1 aliphatic rings. The number of amides is 2. The third kappa shape index (κ3) is 3.50. The number of rotatable bonds is 2. The molecule has 2 rings (SSSR count). The standard InChI is InChI=1S/C14H17BrN2O3/c1-9(18)16-11-3-2-6-17(8-11)14(20)12-7-10(15)4-5-13(12)19/h4-5,7,11,19H,2-3,6,8H2,1H3,(H,16,18). The highest BCUT2D eigenvalue weighted by molar-refractivity contribution is 9.10. The number of phenolic OH excluding ortho intramolecular Hbond substituents is 1. The van der Waals surface area contributed by atoms with Crippen molar-refractivity contribution in [2.45, 2.75) is 25.8 Å². The minimum absolute atomic E-state index is 0.0144.